The largest absolute Gasteiger partial charge is 0.356 e. The zero-order valence-corrected chi connectivity index (χ0v) is 12.5. The van der Waals surface area contributed by atoms with E-state index in [0.717, 1.165) is 11.4 Å². The molecule has 100 valence electrons. The smallest absolute Gasteiger partial charge is 0.0389 e. The van der Waals surface area contributed by atoms with Crippen LogP contribution in [0.5, 0.6) is 0 Å². The molecule has 1 nitrogen and oxygen atoms in total. The van der Waals surface area contributed by atoms with Gasteiger partial charge in [-0.25, -0.2) is 0 Å². The van der Waals surface area contributed by atoms with Gasteiger partial charge in [-0.05, 0) is 60.2 Å². The summed E-state index contributed by atoms with van der Waals surface area (Å²) < 4.78 is 0. The number of rotatable bonds is 2. The van der Waals surface area contributed by atoms with Crippen LogP contribution in [-0.4, -0.2) is 0 Å². The summed E-state index contributed by atoms with van der Waals surface area (Å²) in [6.45, 7) is 11.0. The number of anilines is 2. The molecule has 0 bridgehead atoms. The summed E-state index contributed by atoms with van der Waals surface area (Å²) in [5, 5.41) is 3.46. The Hall–Kier alpha value is -1.76. The maximum Gasteiger partial charge on any atom is 0.0389 e. The van der Waals surface area contributed by atoms with Gasteiger partial charge in [-0.1, -0.05) is 39.0 Å². The average Bonchev–Trinajstić information content (AvgIpc) is 2.26. The highest BCUT2D eigenvalue weighted by Crippen LogP contribution is 2.25. The second-order valence-electron chi connectivity index (χ2n) is 6.33. The van der Waals surface area contributed by atoms with Gasteiger partial charge in [0.15, 0.2) is 0 Å². The number of benzene rings is 2. The van der Waals surface area contributed by atoms with Crippen molar-refractivity contribution in [3.63, 3.8) is 0 Å². The van der Waals surface area contributed by atoms with Crippen molar-refractivity contribution in [3.05, 3.63) is 59.2 Å². The predicted molar refractivity (Wildman–Crippen MR) is 84.3 cm³/mol. The summed E-state index contributed by atoms with van der Waals surface area (Å²) in [4.78, 5) is 0. The second-order valence-corrected chi connectivity index (χ2v) is 6.33. The SMILES string of the molecule is Cc1cc(C)cc(Nc2ccc(C(C)(C)C)cc2)c1. The lowest BCUT2D eigenvalue weighted by atomic mass is 9.87. The van der Waals surface area contributed by atoms with Gasteiger partial charge in [-0.3, -0.25) is 0 Å². The Morgan fingerprint density at radius 3 is 1.74 bits per heavy atom. The predicted octanol–water partition coefficient (Wildman–Crippen LogP) is 5.34. The molecular weight excluding hydrogens is 230 g/mol. The first kappa shape index (κ1) is 13.7. The van der Waals surface area contributed by atoms with Crippen LogP contribution in [0.1, 0.15) is 37.5 Å². The lowest BCUT2D eigenvalue weighted by Gasteiger charge is -2.19. The first-order valence-electron chi connectivity index (χ1n) is 6.80. The first-order valence-corrected chi connectivity index (χ1v) is 6.80. The van der Waals surface area contributed by atoms with Crippen LogP contribution in [0.4, 0.5) is 11.4 Å². The molecule has 0 aliphatic carbocycles. The van der Waals surface area contributed by atoms with Gasteiger partial charge < -0.3 is 5.32 Å². The molecular formula is C18H23N. The van der Waals surface area contributed by atoms with Crippen LogP contribution >= 0.6 is 0 Å². The van der Waals surface area contributed by atoms with Crippen LogP contribution < -0.4 is 5.32 Å². The lowest BCUT2D eigenvalue weighted by Crippen LogP contribution is -2.10. The minimum atomic E-state index is 0.207. The molecule has 0 saturated heterocycles. The van der Waals surface area contributed by atoms with E-state index in [1.165, 1.54) is 16.7 Å². The van der Waals surface area contributed by atoms with Crippen LogP contribution in [-0.2, 0) is 5.41 Å². The summed E-state index contributed by atoms with van der Waals surface area (Å²) in [5.41, 5.74) is 6.43. The normalized spacial score (nSPS) is 11.4. The van der Waals surface area contributed by atoms with Crippen molar-refractivity contribution in [1.82, 2.24) is 0 Å². The highest BCUT2D eigenvalue weighted by Gasteiger charge is 2.12. The zero-order chi connectivity index (χ0) is 14.0. The molecule has 0 heterocycles. The molecule has 2 aromatic carbocycles. The fraction of sp³-hybridized carbons (Fsp3) is 0.333. The molecule has 1 heteroatoms. The molecule has 0 atom stereocenters. The van der Waals surface area contributed by atoms with Gasteiger partial charge in [0.2, 0.25) is 0 Å². The molecule has 0 unspecified atom stereocenters. The van der Waals surface area contributed by atoms with Crippen LogP contribution in [0.15, 0.2) is 42.5 Å². The maximum absolute atomic E-state index is 3.46. The van der Waals surface area contributed by atoms with Crippen molar-refractivity contribution in [2.75, 3.05) is 5.32 Å². The molecule has 0 amide bonds. The first-order chi connectivity index (χ1) is 8.84. The van der Waals surface area contributed by atoms with E-state index in [1.807, 2.05) is 0 Å². The van der Waals surface area contributed by atoms with E-state index < -0.39 is 0 Å². The highest BCUT2D eigenvalue weighted by atomic mass is 14.9. The van der Waals surface area contributed by atoms with Crippen molar-refractivity contribution >= 4 is 11.4 Å². The van der Waals surface area contributed by atoms with E-state index in [9.17, 15) is 0 Å². The van der Waals surface area contributed by atoms with Gasteiger partial charge in [0.25, 0.3) is 0 Å². The molecule has 0 aliphatic rings. The van der Waals surface area contributed by atoms with Gasteiger partial charge in [0.1, 0.15) is 0 Å². The Morgan fingerprint density at radius 1 is 0.737 bits per heavy atom. The molecule has 0 spiro atoms. The second kappa shape index (κ2) is 5.08. The van der Waals surface area contributed by atoms with Crippen molar-refractivity contribution < 1.29 is 0 Å². The van der Waals surface area contributed by atoms with Crippen molar-refractivity contribution in [1.29, 1.82) is 0 Å². The van der Waals surface area contributed by atoms with Crippen LogP contribution in [0, 0.1) is 13.8 Å². The van der Waals surface area contributed by atoms with Crippen LogP contribution in [0.2, 0.25) is 0 Å². The Labute approximate surface area is 116 Å². The van der Waals surface area contributed by atoms with E-state index in [2.05, 4.69) is 82.4 Å². The fourth-order valence-corrected chi connectivity index (χ4v) is 2.27. The van der Waals surface area contributed by atoms with Crippen molar-refractivity contribution in [2.24, 2.45) is 0 Å². The molecule has 0 saturated carbocycles. The Morgan fingerprint density at radius 2 is 1.26 bits per heavy atom. The summed E-state index contributed by atoms with van der Waals surface area (Å²) in [7, 11) is 0. The standard InChI is InChI=1S/C18H23N/c1-13-10-14(2)12-17(11-13)19-16-8-6-15(7-9-16)18(3,4)5/h6-12,19H,1-5H3. The Balaban J connectivity index is 2.20. The van der Waals surface area contributed by atoms with Gasteiger partial charge >= 0.3 is 0 Å². The van der Waals surface area contributed by atoms with Crippen molar-refractivity contribution in [3.8, 4) is 0 Å². The van der Waals surface area contributed by atoms with Crippen LogP contribution in [0.25, 0.3) is 0 Å². The number of hydrogen-bond acceptors (Lipinski definition) is 1. The van der Waals surface area contributed by atoms with Crippen LogP contribution in [0.3, 0.4) is 0 Å². The van der Waals surface area contributed by atoms with Gasteiger partial charge in [-0.2, -0.15) is 0 Å². The topological polar surface area (TPSA) is 12.0 Å². The summed E-state index contributed by atoms with van der Waals surface area (Å²) in [5.74, 6) is 0. The van der Waals surface area contributed by atoms with E-state index >= 15 is 0 Å². The van der Waals surface area contributed by atoms with E-state index in [1.54, 1.807) is 0 Å². The lowest BCUT2D eigenvalue weighted by molar-refractivity contribution is 0.590. The number of hydrogen-bond donors (Lipinski definition) is 1. The minimum Gasteiger partial charge on any atom is -0.356 e. The third-order valence-electron chi connectivity index (χ3n) is 3.26. The molecule has 0 aliphatic heterocycles. The quantitative estimate of drug-likeness (QED) is 0.761. The summed E-state index contributed by atoms with van der Waals surface area (Å²) >= 11 is 0. The third-order valence-corrected chi connectivity index (χ3v) is 3.26. The fourth-order valence-electron chi connectivity index (χ4n) is 2.27. The summed E-state index contributed by atoms with van der Waals surface area (Å²) in [6, 6.07) is 15.2. The summed E-state index contributed by atoms with van der Waals surface area (Å²) in [6.07, 6.45) is 0. The average molecular weight is 253 g/mol. The Kier molecular flexibility index (Phi) is 3.66. The Bertz CT molecular complexity index is 539. The van der Waals surface area contributed by atoms with Gasteiger partial charge in [-0.15, -0.1) is 0 Å². The van der Waals surface area contributed by atoms with E-state index in [-0.39, 0.29) is 5.41 Å². The zero-order valence-electron chi connectivity index (χ0n) is 12.5. The van der Waals surface area contributed by atoms with Gasteiger partial charge in [0.05, 0.1) is 0 Å². The third kappa shape index (κ3) is 3.60. The molecule has 0 aromatic heterocycles. The minimum absolute atomic E-state index is 0.207. The molecule has 2 aromatic rings. The molecule has 2 rings (SSSR count). The van der Waals surface area contributed by atoms with E-state index in [0.29, 0.717) is 0 Å². The molecule has 1 N–H and O–H groups in total. The van der Waals surface area contributed by atoms with E-state index in [4.69, 9.17) is 0 Å². The maximum atomic E-state index is 3.46. The van der Waals surface area contributed by atoms with Gasteiger partial charge in [0, 0.05) is 11.4 Å². The molecule has 19 heavy (non-hydrogen) atoms. The number of aryl methyl sites for hydroxylation is 2. The highest BCUT2D eigenvalue weighted by molar-refractivity contribution is 5.61. The van der Waals surface area contributed by atoms with Crippen molar-refractivity contribution in [2.45, 2.75) is 40.0 Å². The monoisotopic (exact) mass is 253 g/mol. The number of nitrogens with one attached hydrogen (secondary N) is 1. The molecule has 0 fully saturated rings. The molecule has 0 radical (unpaired) electrons.